The molecule has 0 radical (unpaired) electrons. The Balaban J connectivity index is 2.31. The van der Waals surface area contributed by atoms with Crippen LogP contribution in [0.3, 0.4) is 0 Å². The number of aliphatic hydroxyl groups is 2. The summed E-state index contributed by atoms with van der Waals surface area (Å²) in [6, 6.07) is 9.43. The van der Waals surface area contributed by atoms with Gasteiger partial charge in [0, 0.05) is 13.1 Å². The van der Waals surface area contributed by atoms with E-state index in [1.165, 1.54) is 0 Å². The summed E-state index contributed by atoms with van der Waals surface area (Å²) in [4.78, 5) is 13.2. The van der Waals surface area contributed by atoms with Gasteiger partial charge < -0.3 is 14.9 Å². The maximum absolute atomic E-state index is 11.5. The van der Waals surface area contributed by atoms with Crippen LogP contribution in [0.25, 0.3) is 0 Å². The molecule has 0 saturated carbocycles. The molecule has 1 aromatic rings. The molecule has 100 valence electrons. The third-order valence-electron chi connectivity index (χ3n) is 2.43. The lowest BCUT2D eigenvalue weighted by atomic mass is 10.2. The van der Waals surface area contributed by atoms with Gasteiger partial charge in [0.15, 0.2) is 0 Å². The second-order valence-corrected chi connectivity index (χ2v) is 3.87. The van der Waals surface area contributed by atoms with Crippen molar-refractivity contribution in [2.24, 2.45) is 0 Å². The number of aliphatic hydroxyl groups excluding tert-OH is 2. The van der Waals surface area contributed by atoms with Crippen LogP contribution in [0.1, 0.15) is 5.56 Å². The van der Waals surface area contributed by atoms with Gasteiger partial charge in [-0.15, -0.1) is 0 Å². The maximum Gasteiger partial charge on any atom is 0.320 e. The summed E-state index contributed by atoms with van der Waals surface area (Å²) < 4.78 is 5.11. The molecule has 0 aliphatic carbocycles. The topological polar surface area (TPSA) is 70.0 Å². The molecule has 0 unspecified atom stereocenters. The number of benzene rings is 1. The molecule has 0 heterocycles. The zero-order valence-corrected chi connectivity index (χ0v) is 10.3. The summed E-state index contributed by atoms with van der Waals surface area (Å²) in [7, 11) is 0. The van der Waals surface area contributed by atoms with Crippen LogP contribution in [0.4, 0.5) is 0 Å². The predicted molar refractivity (Wildman–Crippen MR) is 66.8 cm³/mol. The van der Waals surface area contributed by atoms with Crippen molar-refractivity contribution in [1.29, 1.82) is 0 Å². The minimum absolute atomic E-state index is 0.0496. The standard InChI is InChI=1S/C13H19NO4/c15-8-6-14(7-9-16)10-13(17)18-11-12-4-2-1-3-5-12/h1-5,15-16H,6-11H2. The van der Waals surface area contributed by atoms with Gasteiger partial charge in [-0.05, 0) is 5.56 Å². The highest BCUT2D eigenvalue weighted by Gasteiger charge is 2.10. The molecular weight excluding hydrogens is 234 g/mol. The average Bonchev–Trinajstić information content (AvgIpc) is 2.38. The summed E-state index contributed by atoms with van der Waals surface area (Å²) in [6.07, 6.45) is 0. The van der Waals surface area contributed by atoms with E-state index in [0.717, 1.165) is 5.56 Å². The SMILES string of the molecule is O=C(CN(CCO)CCO)OCc1ccccc1. The third kappa shape index (κ3) is 5.77. The maximum atomic E-state index is 11.5. The van der Waals surface area contributed by atoms with Gasteiger partial charge in [-0.2, -0.15) is 0 Å². The molecule has 0 aliphatic heterocycles. The number of carbonyl (C=O) groups excluding carboxylic acids is 1. The van der Waals surface area contributed by atoms with E-state index in [4.69, 9.17) is 14.9 Å². The number of esters is 1. The number of carbonyl (C=O) groups is 1. The van der Waals surface area contributed by atoms with E-state index in [1.807, 2.05) is 30.3 Å². The highest BCUT2D eigenvalue weighted by molar-refractivity contribution is 5.71. The van der Waals surface area contributed by atoms with Crippen molar-refractivity contribution >= 4 is 5.97 Å². The van der Waals surface area contributed by atoms with Gasteiger partial charge in [0.1, 0.15) is 6.61 Å². The third-order valence-corrected chi connectivity index (χ3v) is 2.43. The molecule has 0 bridgehead atoms. The highest BCUT2D eigenvalue weighted by atomic mass is 16.5. The predicted octanol–water partition coefficient (Wildman–Crippen LogP) is 0.0164. The zero-order valence-electron chi connectivity index (χ0n) is 10.3. The quantitative estimate of drug-likeness (QED) is 0.639. The second kappa shape index (κ2) is 8.63. The Morgan fingerprint density at radius 1 is 1.11 bits per heavy atom. The van der Waals surface area contributed by atoms with Crippen LogP contribution < -0.4 is 0 Å². The largest absolute Gasteiger partial charge is 0.460 e. The van der Waals surface area contributed by atoms with Gasteiger partial charge >= 0.3 is 5.97 Å². The van der Waals surface area contributed by atoms with Crippen LogP contribution in [0.2, 0.25) is 0 Å². The molecule has 0 fully saturated rings. The van der Waals surface area contributed by atoms with Crippen LogP contribution in [0.5, 0.6) is 0 Å². The Labute approximate surface area is 107 Å². The van der Waals surface area contributed by atoms with Crippen molar-refractivity contribution in [3.63, 3.8) is 0 Å². The molecule has 0 saturated heterocycles. The van der Waals surface area contributed by atoms with Crippen molar-refractivity contribution in [3.8, 4) is 0 Å². The van der Waals surface area contributed by atoms with Gasteiger partial charge in [-0.3, -0.25) is 9.69 Å². The lowest BCUT2D eigenvalue weighted by Gasteiger charge is -2.18. The minimum atomic E-state index is -0.360. The fourth-order valence-corrected chi connectivity index (χ4v) is 1.52. The number of rotatable bonds is 8. The lowest BCUT2D eigenvalue weighted by molar-refractivity contribution is -0.146. The van der Waals surface area contributed by atoms with Gasteiger partial charge in [-0.1, -0.05) is 30.3 Å². The number of hydrogen-bond donors (Lipinski definition) is 2. The molecular formula is C13H19NO4. The summed E-state index contributed by atoms with van der Waals surface area (Å²) in [6.45, 7) is 0.916. The Hall–Kier alpha value is -1.43. The van der Waals surface area contributed by atoms with E-state index in [2.05, 4.69) is 0 Å². The molecule has 18 heavy (non-hydrogen) atoms. The van der Waals surface area contributed by atoms with Crippen LogP contribution in [0, 0.1) is 0 Å². The molecule has 0 atom stereocenters. The lowest BCUT2D eigenvalue weighted by Crippen LogP contribution is -2.35. The van der Waals surface area contributed by atoms with E-state index in [-0.39, 0.29) is 32.3 Å². The van der Waals surface area contributed by atoms with Crippen molar-refractivity contribution in [2.45, 2.75) is 6.61 Å². The van der Waals surface area contributed by atoms with E-state index < -0.39 is 0 Å². The van der Waals surface area contributed by atoms with Crippen molar-refractivity contribution < 1.29 is 19.7 Å². The fourth-order valence-electron chi connectivity index (χ4n) is 1.52. The molecule has 1 rings (SSSR count). The van der Waals surface area contributed by atoms with Gasteiger partial charge in [0.05, 0.1) is 19.8 Å². The first-order valence-corrected chi connectivity index (χ1v) is 5.90. The normalized spacial score (nSPS) is 10.6. The van der Waals surface area contributed by atoms with Gasteiger partial charge in [0.2, 0.25) is 0 Å². The summed E-state index contributed by atoms with van der Waals surface area (Å²) in [5.74, 6) is -0.360. The van der Waals surface area contributed by atoms with E-state index in [1.54, 1.807) is 4.90 Å². The zero-order chi connectivity index (χ0) is 13.2. The first-order chi connectivity index (χ1) is 8.76. The molecule has 0 amide bonds. The minimum Gasteiger partial charge on any atom is -0.460 e. The molecule has 1 aromatic carbocycles. The second-order valence-electron chi connectivity index (χ2n) is 3.87. The van der Waals surface area contributed by atoms with E-state index in [0.29, 0.717) is 13.1 Å². The van der Waals surface area contributed by atoms with Crippen molar-refractivity contribution in [1.82, 2.24) is 4.90 Å². The van der Waals surface area contributed by atoms with Crippen LogP contribution in [0.15, 0.2) is 30.3 Å². The smallest absolute Gasteiger partial charge is 0.320 e. The van der Waals surface area contributed by atoms with Crippen molar-refractivity contribution in [2.75, 3.05) is 32.8 Å². The first kappa shape index (κ1) is 14.6. The Morgan fingerprint density at radius 3 is 2.28 bits per heavy atom. The molecule has 5 nitrogen and oxygen atoms in total. The Kier molecular flexibility index (Phi) is 7.01. The summed E-state index contributed by atoms with van der Waals surface area (Å²) >= 11 is 0. The first-order valence-electron chi connectivity index (χ1n) is 5.90. The van der Waals surface area contributed by atoms with Gasteiger partial charge in [-0.25, -0.2) is 0 Å². The fraction of sp³-hybridized carbons (Fsp3) is 0.462. The molecule has 0 spiro atoms. The van der Waals surface area contributed by atoms with Crippen LogP contribution in [-0.4, -0.2) is 53.9 Å². The van der Waals surface area contributed by atoms with Crippen molar-refractivity contribution in [3.05, 3.63) is 35.9 Å². The number of ether oxygens (including phenoxy) is 1. The molecule has 0 aromatic heterocycles. The summed E-state index contributed by atoms with van der Waals surface area (Å²) in [5, 5.41) is 17.6. The van der Waals surface area contributed by atoms with Crippen LogP contribution >= 0.6 is 0 Å². The molecule has 2 N–H and O–H groups in total. The van der Waals surface area contributed by atoms with E-state index >= 15 is 0 Å². The Bertz CT molecular complexity index is 336. The van der Waals surface area contributed by atoms with Crippen LogP contribution in [-0.2, 0) is 16.1 Å². The van der Waals surface area contributed by atoms with Gasteiger partial charge in [0.25, 0.3) is 0 Å². The van der Waals surface area contributed by atoms with E-state index in [9.17, 15) is 4.79 Å². The molecule has 0 aliphatic rings. The highest BCUT2D eigenvalue weighted by Crippen LogP contribution is 2.01. The Morgan fingerprint density at radius 2 is 1.72 bits per heavy atom. The number of hydrogen-bond acceptors (Lipinski definition) is 5. The summed E-state index contributed by atoms with van der Waals surface area (Å²) in [5.41, 5.74) is 0.932. The average molecular weight is 253 g/mol. The molecule has 5 heteroatoms. The number of nitrogens with zero attached hydrogens (tertiary/aromatic N) is 1. The monoisotopic (exact) mass is 253 g/mol.